The zero-order valence-corrected chi connectivity index (χ0v) is 20.2. The summed E-state index contributed by atoms with van der Waals surface area (Å²) in [4.78, 5) is 33.7. The highest BCUT2D eigenvalue weighted by Crippen LogP contribution is 2.50. The number of rotatable bonds is 7. The molecule has 5 rings (SSSR count). The summed E-state index contributed by atoms with van der Waals surface area (Å²) < 4.78 is 21.7. The molecule has 3 aromatic rings. The van der Waals surface area contributed by atoms with Crippen molar-refractivity contribution in [2.24, 2.45) is 11.1 Å². The molecule has 9 heteroatoms. The second kappa shape index (κ2) is 8.92. The van der Waals surface area contributed by atoms with Crippen molar-refractivity contribution in [3.05, 3.63) is 77.4 Å². The van der Waals surface area contributed by atoms with E-state index in [-0.39, 0.29) is 11.5 Å². The zero-order valence-electron chi connectivity index (χ0n) is 20.2. The molecule has 2 aliphatic heterocycles. The molecule has 1 spiro atoms. The van der Waals surface area contributed by atoms with E-state index < -0.39 is 17.4 Å². The van der Waals surface area contributed by atoms with E-state index in [4.69, 9.17) is 23.8 Å². The van der Waals surface area contributed by atoms with Crippen LogP contribution >= 0.6 is 0 Å². The molecule has 1 N–H and O–H groups in total. The first-order valence-corrected chi connectivity index (χ1v) is 11.1. The fraction of sp³-hybridized carbons (Fsp3) is 0.222. The summed E-state index contributed by atoms with van der Waals surface area (Å²) in [6, 6.07) is 17.1. The maximum Gasteiger partial charge on any atom is 0.277 e. The number of carbonyl (C=O) groups is 2. The fourth-order valence-electron chi connectivity index (χ4n) is 4.73. The van der Waals surface area contributed by atoms with Gasteiger partial charge >= 0.3 is 0 Å². The number of hydrogen-bond acceptors (Lipinski definition) is 8. The van der Waals surface area contributed by atoms with Gasteiger partial charge in [-0.05, 0) is 42.5 Å². The third-order valence-corrected chi connectivity index (χ3v) is 6.49. The molecule has 2 heterocycles. The van der Waals surface area contributed by atoms with Crippen LogP contribution in [-0.2, 0) is 15.2 Å². The maximum absolute atomic E-state index is 14.3. The van der Waals surface area contributed by atoms with Crippen molar-refractivity contribution in [2.75, 3.05) is 33.8 Å². The van der Waals surface area contributed by atoms with Crippen LogP contribution in [0.3, 0.4) is 0 Å². The van der Waals surface area contributed by atoms with Gasteiger partial charge in [0.1, 0.15) is 23.1 Å². The Morgan fingerprint density at radius 3 is 2.33 bits per heavy atom. The summed E-state index contributed by atoms with van der Waals surface area (Å²) in [6.07, 6.45) is 0. The lowest BCUT2D eigenvalue weighted by molar-refractivity contribution is -0.140. The largest absolute Gasteiger partial charge is 0.497 e. The number of para-hydroxylation sites is 1. The predicted molar refractivity (Wildman–Crippen MR) is 131 cm³/mol. The van der Waals surface area contributed by atoms with Crippen LogP contribution in [0.5, 0.6) is 23.0 Å². The number of fused-ring (bicyclic) bond motifs is 2. The van der Waals surface area contributed by atoms with Gasteiger partial charge < -0.3 is 29.1 Å². The lowest BCUT2D eigenvalue weighted by Crippen LogP contribution is -2.46. The Kier molecular flexibility index (Phi) is 5.75. The fourth-order valence-corrected chi connectivity index (χ4v) is 4.73. The molecular formula is C27H24N2O7. The third kappa shape index (κ3) is 3.35. The van der Waals surface area contributed by atoms with Crippen LogP contribution in [0.4, 0.5) is 5.69 Å². The van der Waals surface area contributed by atoms with Gasteiger partial charge in [-0.3, -0.25) is 9.59 Å². The summed E-state index contributed by atoms with van der Waals surface area (Å²) in [5.74, 6) is -0.175. The molecular weight excluding hydrogens is 464 g/mol. The van der Waals surface area contributed by atoms with Crippen LogP contribution in [0.2, 0.25) is 0 Å². The monoisotopic (exact) mass is 488 g/mol. The van der Waals surface area contributed by atoms with E-state index in [1.54, 1.807) is 60.7 Å². The Morgan fingerprint density at radius 2 is 1.61 bits per heavy atom. The van der Waals surface area contributed by atoms with Crippen LogP contribution in [-0.4, -0.2) is 45.8 Å². The summed E-state index contributed by atoms with van der Waals surface area (Å²) in [7, 11) is 6.05. The van der Waals surface area contributed by atoms with Crippen molar-refractivity contribution in [1.29, 1.82) is 0 Å². The second-order valence-electron chi connectivity index (χ2n) is 8.24. The quantitative estimate of drug-likeness (QED) is 0.505. The highest BCUT2D eigenvalue weighted by atomic mass is 16.7. The number of hydrogen-bond donors (Lipinski definition) is 1. The van der Waals surface area contributed by atoms with Gasteiger partial charge in [0.25, 0.3) is 11.5 Å². The Labute approximate surface area is 207 Å². The van der Waals surface area contributed by atoms with E-state index in [1.807, 2.05) is 0 Å². The molecule has 36 heavy (non-hydrogen) atoms. The minimum Gasteiger partial charge on any atom is -0.497 e. The number of ketones is 1. The average molecular weight is 488 g/mol. The van der Waals surface area contributed by atoms with E-state index in [0.29, 0.717) is 45.4 Å². The topological polar surface area (TPSA) is 105 Å². The van der Waals surface area contributed by atoms with Crippen molar-refractivity contribution < 1.29 is 33.4 Å². The smallest absolute Gasteiger partial charge is 0.277 e. The molecule has 0 bridgehead atoms. The number of Topliss-reactive ketones (excluding diaryl/α,β-unsaturated/α-hetero) is 1. The first-order chi connectivity index (χ1) is 17.5. The van der Waals surface area contributed by atoms with Gasteiger partial charge in [-0.2, -0.15) is 0 Å². The number of nitrogens with zero attached hydrogens (tertiary/aromatic N) is 1. The van der Waals surface area contributed by atoms with E-state index in [2.05, 4.69) is 10.5 Å². The number of nitrogens with one attached hydrogen (secondary N) is 1. The number of oxime groups is 1. The molecule has 0 fully saturated rings. The number of benzene rings is 3. The minimum atomic E-state index is -1.70. The second-order valence-corrected chi connectivity index (χ2v) is 8.24. The minimum absolute atomic E-state index is 0.248. The molecule has 9 nitrogen and oxygen atoms in total. The van der Waals surface area contributed by atoms with Gasteiger partial charge in [0.2, 0.25) is 0 Å². The summed E-state index contributed by atoms with van der Waals surface area (Å²) in [5, 5.41) is 7.16. The van der Waals surface area contributed by atoms with Crippen molar-refractivity contribution in [2.45, 2.75) is 5.60 Å². The highest BCUT2D eigenvalue weighted by molar-refractivity contribution is 6.25. The molecule has 0 unspecified atom stereocenters. The van der Waals surface area contributed by atoms with Gasteiger partial charge in [0.05, 0.1) is 28.4 Å². The van der Waals surface area contributed by atoms with E-state index in [1.165, 1.54) is 28.4 Å². The molecule has 0 aliphatic carbocycles. The number of ether oxygens (including phenoxy) is 4. The van der Waals surface area contributed by atoms with Crippen LogP contribution in [0.1, 0.15) is 21.5 Å². The highest BCUT2D eigenvalue weighted by Gasteiger charge is 2.63. The molecule has 2 aliphatic rings. The molecule has 0 aromatic heterocycles. The number of amides is 1. The van der Waals surface area contributed by atoms with E-state index in [9.17, 15) is 9.59 Å². The van der Waals surface area contributed by atoms with Crippen LogP contribution < -0.4 is 24.3 Å². The van der Waals surface area contributed by atoms with Crippen LogP contribution in [0.25, 0.3) is 0 Å². The summed E-state index contributed by atoms with van der Waals surface area (Å²) >= 11 is 0. The summed E-state index contributed by atoms with van der Waals surface area (Å²) in [6.45, 7) is 0. The van der Waals surface area contributed by atoms with E-state index in [0.717, 1.165) is 0 Å². The molecule has 184 valence electrons. The first kappa shape index (κ1) is 23.2. The molecule has 0 saturated heterocycles. The van der Waals surface area contributed by atoms with Crippen LogP contribution in [0.15, 0.2) is 65.8 Å². The predicted octanol–water partition coefficient (Wildman–Crippen LogP) is 3.80. The van der Waals surface area contributed by atoms with Gasteiger partial charge in [0.15, 0.2) is 17.3 Å². The van der Waals surface area contributed by atoms with Crippen molar-refractivity contribution in [3.8, 4) is 23.0 Å². The Morgan fingerprint density at radius 1 is 0.889 bits per heavy atom. The molecule has 3 aromatic carbocycles. The van der Waals surface area contributed by atoms with Gasteiger partial charge in [-0.15, -0.1) is 0 Å². The van der Waals surface area contributed by atoms with Crippen molar-refractivity contribution in [1.82, 2.24) is 0 Å². The Bertz CT molecular complexity index is 1400. The lowest BCUT2D eigenvalue weighted by atomic mass is 9.74. The molecule has 0 saturated carbocycles. The summed E-state index contributed by atoms with van der Waals surface area (Å²) in [5.41, 5.74) is 0.400. The molecule has 1 amide bonds. The molecule has 2 atom stereocenters. The first-order valence-electron chi connectivity index (χ1n) is 11.1. The SMILES string of the molecule is COc1ccc(OC)c(C2=NO[C@]3(C(=O)Nc4ccccc43)[C@H]2C(=O)c2ccc(OC)c(OC)c2)c1. The van der Waals surface area contributed by atoms with Crippen molar-refractivity contribution in [3.63, 3.8) is 0 Å². The van der Waals surface area contributed by atoms with Gasteiger partial charge in [0, 0.05) is 22.4 Å². The third-order valence-electron chi connectivity index (χ3n) is 6.49. The zero-order chi connectivity index (χ0) is 25.4. The Balaban J connectivity index is 1.72. The Hall–Kier alpha value is -4.53. The lowest BCUT2D eigenvalue weighted by Gasteiger charge is -2.27. The maximum atomic E-state index is 14.3. The number of methoxy groups -OCH3 is 4. The molecule has 0 radical (unpaired) electrons. The normalized spacial score (nSPS) is 19.7. The van der Waals surface area contributed by atoms with Gasteiger partial charge in [-0.1, -0.05) is 23.4 Å². The average Bonchev–Trinajstić information content (AvgIpc) is 3.45. The number of anilines is 1. The van der Waals surface area contributed by atoms with Crippen LogP contribution in [0, 0.1) is 5.92 Å². The number of carbonyl (C=O) groups excluding carboxylic acids is 2. The standard InChI is InChI=1S/C27H24N2O7/c1-32-16-10-12-20(33-2)17(14-16)24-23(25(30)15-9-11-21(34-3)22(13-15)35-4)27(36-29-24)18-7-5-6-8-19(18)28-26(27)31/h5-14,23H,1-4H3,(H,28,31)/t23-,27+/m1/s1. The van der Waals surface area contributed by atoms with Crippen molar-refractivity contribution >= 4 is 23.1 Å². The van der Waals surface area contributed by atoms with E-state index >= 15 is 0 Å². The van der Waals surface area contributed by atoms with Gasteiger partial charge in [-0.25, -0.2) is 0 Å².